The molecule has 186 valence electrons. The number of pyridine rings is 1. The number of hydrogen-bond acceptors (Lipinski definition) is 5. The van der Waals surface area contributed by atoms with Gasteiger partial charge in [0.1, 0.15) is 6.33 Å². The second-order valence-electron chi connectivity index (χ2n) is 9.74. The fraction of sp³-hybridized carbons (Fsp3) is 0.519. The smallest absolute Gasteiger partial charge is 0.326 e. The molecule has 4 heterocycles. The summed E-state index contributed by atoms with van der Waals surface area (Å²) in [5, 5.41) is 4.31. The molecule has 1 saturated heterocycles. The molecule has 1 atom stereocenters. The topological polar surface area (TPSA) is 80.5 Å². The van der Waals surface area contributed by atoms with Crippen molar-refractivity contribution in [3.8, 4) is 16.9 Å². The second-order valence-corrected chi connectivity index (χ2v) is 9.74. The highest BCUT2D eigenvalue weighted by atomic mass is 16.5. The highest BCUT2D eigenvalue weighted by Gasteiger charge is 2.26. The summed E-state index contributed by atoms with van der Waals surface area (Å²) >= 11 is 0. The lowest BCUT2D eigenvalue weighted by molar-refractivity contribution is 0.151. The van der Waals surface area contributed by atoms with Crippen molar-refractivity contribution in [1.82, 2.24) is 29.0 Å². The number of aromatic nitrogens is 5. The molecule has 0 bridgehead atoms. The van der Waals surface area contributed by atoms with Crippen molar-refractivity contribution in [2.75, 3.05) is 26.7 Å². The van der Waals surface area contributed by atoms with Crippen molar-refractivity contribution < 1.29 is 4.74 Å². The van der Waals surface area contributed by atoms with Crippen LogP contribution in [0.1, 0.15) is 58.1 Å². The summed E-state index contributed by atoms with van der Waals surface area (Å²) in [5.74, 6) is 1.40. The van der Waals surface area contributed by atoms with Crippen LogP contribution in [0.15, 0.2) is 35.5 Å². The number of imidazole rings is 1. The number of aryl methyl sites for hydroxylation is 1. The number of rotatable bonds is 8. The number of nitrogens with zero attached hydrogens (tertiary/aromatic N) is 5. The molecule has 5 rings (SSSR count). The first-order valence-corrected chi connectivity index (χ1v) is 12.9. The van der Waals surface area contributed by atoms with Gasteiger partial charge in [-0.25, -0.2) is 14.3 Å². The van der Waals surface area contributed by atoms with Gasteiger partial charge < -0.3 is 14.6 Å². The fourth-order valence-corrected chi connectivity index (χ4v) is 5.65. The fourth-order valence-electron chi connectivity index (χ4n) is 5.65. The van der Waals surface area contributed by atoms with Crippen LogP contribution in [-0.2, 0) is 6.42 Å². The molecule has 1 fully saturated rings. The van der Waals surface area contributed by atoms with E-state index in [1.807, 2.05) is 16.8 Å². The first-order valence-electron chi connectivity index (χ1n) is 12.9. The van der Waals surface area contributed by atoms with Crippen LogP contribution in [-0.4, -0.2) is 55.8 Å². The van der Waals surface area contributed by atoms with Gasteiger partial charge in [-0.2, -0.15) is 5.10 Å². The van der Waals surface area contributed by atoms with Gasteiger partial charge in [-0.3, -0.25) is 4.57 Å². The summed E-state index contributed by atoms with van der Waals surface area (Å²) in [4.78, 5) is 23.2. The normalized spacial score (nSPS) is 17.1. The van der Waals surface area contributed by atoms with Crippen LogP contribution in [0.25, 0.3) is 27.8 Å². The van der Waals surface area contributed by atoms with E-state index in [0.29, 0.717) is 11.4 Å². The van der Waals surface area contributed by atoms with E-state index in [0.717, 1.165) is 67.0 Å². The van der Waals surface area contributed by atoms with Crippen molar-refractivity contribution in [2.24, 2.45) is 5.92 Å². The first kappa shape index (κ1) is 23.6. The third-order valence-corrected chi connectivity index (χ3v) is 7.71. The van der Waals surface area contributed by atoms with Gasteiger partial charge in [0.25, 0.3) is 0 Å². The predicted octanol–water partition coefficient (Wildman–Crippen LogP) is 4.68. The lowest BCUT2D eigenvalue weighted by atomic mass is 9.97. The van der Waals surface area contributed by atoms with Gasteiger partial charge in [-0.15, -0.1) is 0 Å². The Bertz CT molecular complexity index is 1380. The Labute approximate surface area is 205 Å². The van der Waals surface area contributed by atoms with Crippen LogP contribution in [0.3, 0.4) is 0 Å². The zero-order valence-corrected chi connectivity index (χ0v) is 21.3. The molecule has 1 N–H and O–H groups in total. The molecule has 8 heteroatoms. The molecule has 1 aliphatic rings. The van der Waals surface area contributed by atoms with Gasteiger partial charge in [0.15, 0.2) is 11.4 Å². The molecule has 0 aliphatic carbocycles. The standard InChI is InChI=1S/C27H36N6O2/c1-5-18(6-2)14-31-10-8-9-21(16-31)33-24-11-19(7-3)22(13-23(24)30-27(33)34)20-12-25(35-4)26-28-17-29-32(26)15-20/h11-13,15,17-18,21H,5-10,14,16H2,1-4H3,(H,30,34)/t21-/m1/s1. The largest absolute Gasteiger partial charge is 0.493 e. The number of hydrogen-bond donors (Lipinski definition) is 1. The molecule has 1 aromatic carbocycles. The quantitative estimate of drug-likeness (QED) is 0.399. The summed E-state index contributed by atoms with van der Waals surface area (Å²) in [6, 6.07) is 6.49. The van der Waals surface area contributed by atoms with Gasteiger partial charge in [0.2, 0.25) is 0 Å². The van der Waals surface area contributed by atoms with Crippen LogP contribution in [0.4, 0.5) is 0 Å². The number of likely N-dealkylation sites (tertiary alicyclic amines) is 1. The maximum atomic E-state index is 13.2. The van der Waals surface area contributed by atoms with Crippen LogP contribution >= 0.6 is 0 Å². The highest BCUT2D eigenvalue weighted by Crippen LogP contribution is 2.33. The Kier molecular flexibility index (Phi) is 6.65. The van der Waals surface area contributed by atoms with E-state index < -0.39 is 0 Å². The molecule has 35 heavy (non-hydrogen) atoms. The molecular formula is C27H36N6O2. The molecule has 0 amide bonds. The van der Waals surface area contributed by atoms with Gasteiger partial charge in [0.05, 0.1) is 24.2 Å². The highest BCUT2D eigenvalue weighted by molar-refractivity contribution is 5.85. The van der Waals surface area contributed by atoms with Crippen LogP contribution in [0.5, 0.6) is 5.75 Å². The number of fused-ring (bicyclic) bond motifs is 2. The Hall–Kier alpha value is -3.13. The monoisotopic (exact) mass is 476 g/mol. The average Bonchev–Trinajstić information content (AvgIpc) is 3.49. The van der Waals surface area contributed by atoms with Crippen molar-refractivity contribution in [3.63, 3.8) is 0 Å². The number of aromatic amines is 1. The molecule has 3 aromatic heterocycles. The van der Waals surface area contributed by atoms with Gasteiger partial charge >= 0.3 is 5.69 Å². The van der Waals surface area contributed by atoms with Crippen molar-refractivity contribution in [2.45, 2.75) is 58.9 Å². The molecule has 8 nitrogen and oxygen atoms in total. The van der Waals surface area contributed by atoms with Crippen LogP contribution in [0.2, 0.25) is 0 Å². The van der Waals surface area contributed by atoms with E-state index >= 15 is 0 Å². The summed E-state index contributed by atoms with van der Waals surface area (Å²) in [7, 11) is 1.64. The minimum atomic E-state index is -0.0158. The van der Waals surface area contributed by atoms with E-state index in [2.05, 4.69) is 52.9 Å². The minimum Gasteiger partial charge on any atom is -0.493 e. The Balaban J connectivity index is 1.54. The van der Waals surface area contributed by atoms with E-state index in [4.69, 9.17) is 4.74 Å². The van der Waals surface area contributed by atoms with Gasteiger partial charge in [-0.05, 0) is 61.1 Å². The van der Waals surface area contributed by atoms with Crippen LogP contribution < -0.4 is 10.4 Å². The van der Waals surface area contributed by atoms with Crippen molar-refractivity contribution >= 4 is 16.7 Å². The molecule has 4 aromatic rings. The average molecular weight is 477 g/mol. The maximum Gasteiger partial charge on any atom is 0.326 e. The van der Waals surface area contributed by atoms with E-state index in [1.54, 1.807) is 11.6 Å². The zero-order chi connectivity index (χ0) is 24.5. The number of ether oxygens (including phenoxy) is 1. The molecule has 1 aliphatic heterocycles. The van der Waals surface area contributed by atoms with Gasteiger partial charge in [-0.1, -0.05) is 33.6 Å². The van der Waals surface area contributed by atoms with Crippen LogP contribution in [0, 0.1) is 5.92 Å². The number of benzene rings is 1. The number of methoxy groups -OCH3 is 1. The number of H-pyrrole nitrogens is 1. The Morgan fingerprint density at radius 2 is 2.03 bits per heavy atom. The lowest BCUT2D eigenvalue weighted by Crippen LogP contribution is -2.41. The summed E-state index contributed by atoms with van der Waals surface area (Å²) in [6.07, 6.45) is 8.93. The molecule has 0 unspecified atom stereocenters. The van der Waals surface area contributed by atoms with E-state index in [9.17, 15) is 4.79 Å². The summed E-state index contributed by atoms with van der Waals surface area (Å²) in [5.41, 5.74) is 5.79. The predicted molar refractivity (Wildman–Crippen MR) is 139 cm³/mol. The van der Waals surface area contributed by atoms with E-state index in [1.165, 1.54) is 24.7 Å². The molecule has 0 saturated carbocycles. The third kappa shape index (κ3) is 4.35. The number of nitrogens with one attached hydrogen (secondary N) is 1. The SMILES string of the molecule is CCc1cc2c(cc1-c1cc(OC)c3ncnn3c1)[nH]c(=O)n2[C@@H]1CCCN(CC(CC)CC)C1. The summed E-state index contributed by atoms with van der Waals surface area (Å²) in [6.45, 7) is 9.90. The third-order valence-electron chi connectivity index (χ3n) is 7.71. The van der Waals surface area contributed by atoms with E-state index in [-0.39, 0.29) is 11.7 Å². The molecule has 0 spiro atoms. The maximum absolute atomic E-state index is 13.2. The molecular weight excluding hydrogens is 440 g/mol. The Morgan fingerprint density at radius 3 is 2.77 bits per heavy atom. The summed E-state index contributed by atoms with van der Waals surface area (Å²) < 4.78 is 9.33. The van der Waals surface area contributed by atoms with Crippen molar-refractivity contribution in [1.29, 1.82) is 0 Å². The lowest BCUT2D eigenvalue weighted by Gasteiger charge is -2.35. The minimum absolute atomic E-state index is 0.0158. The van der Waals surface area contributed by atoms with Gasteiger partial charge in [0, 0.05) is 24.8 Å². The van der Waals surface area contributed by atoms with Crippen molar-refractivity contribution in [3.05, 3.63) is 46.8 Å². The zero-order valence-electron chi connectivity index (χ0n) is 21.3. The second kappa shape index (κ2) is 9.85. The Morgan fingerprint density at radius 1 is 1.20 bits per heavy atom. The first-order chi connectivity index (χ1) is 17.1. The number of piperidine rings is 1. The molecule has 0 radical (unpaired) electrons.